The number of rotatable bonds is 5. The molecule has 0 fully saturated rings. The fourth-order valence-electron chi connectivity index (χ4n) is 1.51. The van der Waals surface area contributed by atoms with Gasteiger partial charge in [-0.1, -0.05) is 18.2 Å². The fraction of sp³-hybridized carbons (Fsp3) is 0.0714. The molecule has 0 bridgehead atoms. The Morgan fingerprint density at radius 1 is 1.15 bits per heavy atom. The lowest BCUT2D eigenvalue weighted by Crippen LogP contribution is -2.33. The summed E-state index contributed by atoms with van der Waals surface area (Å²) in [6.07, 6.45) is 1.52. The number of nitrogens with two attached hydrogens (primary N) is 1. The van der Waals surface area contributed by atoms with E-state index >= 15 is 0 Å². The van der Waals surface area contributed by atoms with Crippen LogP contribution in [0.2, 0.25) is 0 Å². The van der Waals surface area contributed by atoms with Gasteiger partial charge in [-0.15, -0.1) is 0 Å². The maximum Gasteiger partial charge on any atom is 0.257 e. The monoisotopic (exact) mass is 271 g/mol. The molecule has 0 aliphatic carbocycles. The zero-order chi connectivity index (χ0) is 14.4. The first-order valence-electron chi connectivity index (χ1n) is 5.91. The number of nitrogens with zero attached hydrogens (tertiary/aromatic N) is 1. The summed E-state index contributed by atoms with van der Waals surface area (Å²) in [6.45, 7) is -0.238. The number of amides is 2. The van der Waals surface area contributed by atoms with Gasteiger partial charge in [-0.3, -0.25) is 9.59 Å². The van der Waals surface area contributed by atoms with Crippen LogP contribution >= 0.6 is 0 Å². The predicted molar refractivity (Wildman–Crippen MR) is 72.3 cm³/mol. The molecule has 0 saturated heterocycles. The number of hydrogen-bond donors (Lipinski definition) is 2. The van der Waals surface area contributed by atoms with Crippen molar-refractivity contribution in [3.05, 3.63) is 54.2 Å². The molecule has 2 amide bonds. The minimum Gasteiger partial charge on any atom is -0.438 e. The highest BCUT2D eigenvalue weighted by molar-refractivity contribution is 5.98. The van der Waals surface area contributed by atoms with E-state index < -0.39 is 11.8 Å². The van der Waals surface area contributed by atoms with E-state index in [0.717, 1.165) is 0 Å². The summed E-state index contributed by atoms with van der Waals surface area (Å²) in [5.41, 5.74) is 5.21. The number of benzene rings is 1. The predicted octanol–water partition coefficient (Wildman–Crippen LogP) is 1.09. The van der Waals surface area contributed by atoms with E-state index in [-0.39, 0.29) is 18.0 Å². The average Bonchev–Trinajstić information content (AvgIpc) is 2.46. The van der Waals surface area contributed by atoms with Gasteiger partial charge in [-0.2, -0.15) is 0 Å². The average molecular weight is 271 g/mol. The summed E-state index contributed by atoms with van der Waals surface area (Å²) in [6, 6.07) is 12.1. The molecule has 0 spiro atoms. The Morgan fingerprint density at radius 3 is 2.60 bits per heavy atom. The van der Waals surface area contributed by atoms with E-state index in [2.05, 4.69) is 10.3 Å². The molecule has 1 aromatic heterocycles. The molecule has 1 heterocycles. The van der Waals surface area contributed by atoms with Crippen LogP contribution in [0, 0.1) is 0 Å². The lowest BCUT2D eigenvalue weighted by Gasteiger charge is -2.09. The zero-order valence-electron chi connectivity index (χ0n) is 10.6. The first-order valence-corrected chi connectivity index (χ1v) is 5.91. The second kappa shape index (κ2) is 6.33. The number of nitrogens with one attached hydrogen (secondary N) is 1. The molecule has 0 radical (unpaired) electrons. The third-order valence-electron chi connectivity index (χ3n) is 2.40. The number of para-hydroxylation sites is 1. The number of hydrogen-bond acceptors (Lipinski definition) is 4. The third kappa shape index (κ3) is 3.55. The summed E-state index contributed by atoms with van der Waals surface area (Å²) in [7, 11) is 0. The van der Waals surface area contributed by atoms with Crippen molar-refractivity contribution < 1.29 is 14.3 Å². The van der Waals surface area contributed by atoms with Crippen LogP contribution in [-0.4, -0.2) is 23.3 Å². The molecule has 6 nitrogen and oxygen atoms in total. The van der Waals surface area contributed by atoms with Gasteiger partial charge in [-0.25, -0.2) is 4.98 Å². The van der Waals surface area contributed by atoms with Gasteiger partial charge in [0.25, 0.3) is 5.91 Å². The highest BCUT2D eigenvalue weighted by Gasteiger charge is 2.14. The Balaban J connectivity index is 2.18. The van der Waals surface area contributed by atoms with Crippen molar-refractivity contribution in [2.75, 3.05) is 6.54 Å². The van der Waals surface area contributed by atoms with Crippen LogP contribution in [0.5, 0.6) is 11.6 Å². The molecule has 0 unspecified atom stereocenters. The van der Waals surface area contributed by atoms with Gasteiger partial charge in [0.05, 0.1) is 6.54 Å². The second-order valence-electron chi connectivity index (χ2n) is 3.92. The standard InChI is InChI=1S/C14H13N3O3/c15-12(18)9-17-13(19)11-7-4-8-16-14(11)20-10-5-2-1-3-6-10/h1-8H,9H2,(H2,15,18)(H,17,19). The van der Waals surface area contributed by atoms with E-state index in [9.17, 15) is 9.59 Å². The minimum absolute atomic E-state index is 0.167. The number of ether oxygens (including phenoxy) is 1. The van der Waals surface area contributed by atoms with Crippen molar-refractivity contribution >= 4 is 11.8 Å². The van der Waals surface area contributed by atoms with Crippen molar-refractivity contribution in [1.82, 2.24) is 10.3 Å². The van der Waals surface area contributed by atoms with Gasteiger partial charge < -0.3 is 15.8 Å². The molecule has 20 heavy (non-hydrogen) atoms. The van der Waals surface area contributed by atoms with Gasteiger partial charge in [0.15, 0.2) is 0 Å². The van der Waals surface area contributed by atoms with Gasteiger partial charge in [-0.05, 0) is 24.3 Å². The summed E-state index contributed by atoms with van der Waals surface area (Å²) < 4.78 is 5.55. The molecule has 102 valence electrons. The highest BCUT2D eigenvalue weighted by Crippen LogP contribution is 2.22. The molecule has 0 aliphatic heterocycles. The van der Waals surface area contributed by atoms with E-state index in [1.807, 2.05) is 18.2 Å². The van der Waals surface area contributed by atoms with Gasteiger partial charge in [0, 0.05) is 6.20 Å². The summed E-state index contributed by atoms with van der Waals surface area (Å²) in [5, 5.41) is 2.39. The van der Waals surface area contributed by atoms with Gasteiger partial charge >= 0.3 is 0 Å². The number of primary amides is 1. The van der Waals surface area contributed by atoms with Crippen LogP contribution < -0.4 is 15.8 Å². The van der Waals surface area contributed by atoms with Gasteiger partial charge in [0.2, 0.25) is 11.8 Å². The lowest BCUT2D eigenvalue weighted by atomic mass is 10.2. The van der Waals surface area contributed by atoms with Crippen LogP contribution in [0.4, 0.5) is 0 Å². The third-order valence-corrected chi connectivity index (χ3v) is 2.40. The normalized spacial score (nSPS) is 9.80. The lowest BCUT2D eigenvalue weighted by molar-refractivity contribution is -0.117. The van der Waals surface area contributed by atoms with Crippen LogP contribution in [0.1, 0.15) is 10.4 Å². The molecule has 2 aromatic rings. The van der Waals surface area contributed by atoms with E-state index in [4.69, 9.17) is 10.5 Å². The molecular formula is C14H13N3O3. The largest absolute Gasteiger partial charge is 0.438 e. The van der Waals surface area contributed by atoms with Crippen molar-refractivity contribution in [3.63, 3.8) is 0 Å². The van der Waals surface area contributed by atoms with Crippen molar-refractivity contribution in [3.8, 4) is 11.6 Å². The van der Waals surface area contributed by atoms with Crippen LogP contribution in [-0.2, 0) is 4.79 Å². The highest BCUT2D eigenvalue weighted by atomic mass is 16.5. The quantitative estimate of drug-likeness (QED) is 0.851. The SMILES string of the molecule is NC(=O)CNC(=O)c1cccnc1Oc1ccccc1. The summed E-state index contributed by atoms with van der Waals surface area (Å²) in [4.78, 5) is 26.6. The molecule has 6 heteroatoms. The van der Waals surface area contributed by atoms with Crippen molar-refractivity contribution in [1.29, 1.82) is 0 Å². The van der Waals surface area contributed by atoms with Crippen LogP contribution in [0.3, 0.4) is 0 Å². The topological polar surface area (TPSA) is 94.3 Å². The van der Waals surface area contributed by atoms with Crippen molar-refractivity contribution in [2.45, 2.75) is 0 Å². The van der Waals surface area contributed by atoms with E-state index in [0.29, 0.717) is 5.75 Å². The first-order chi connectivity index (χ1) is 9.66. The Bertz CT molecular complexity index is 614. The maximum atomic E-state index is 11.9. The van der Waals surface area contributed by atoms with Gasteiger partial charge in [0.1, 0.15) is 11.3 Å². The van der Waals surface area contributed by atoms with Crippen LogP contribution in [0.25, 0.3) is 0 Å². The Kier molecular flexibility index (Phi) is 4.28. The summed E-state index contributed by atoms with van der Waals surface area (Å²) in [5.74, 6) is -0.355. The Labute approximate surface area is 115 Å². The molecule has 3 N–H and O–H groups in total. The molecule has 2 rings (SSSR count). The molecule has 0 atom stereocenters. The number of carbonyl (C=O) groups excluding carboxylic acids is 2. The fourth-order valence-corrected chi connectivity index (χ4v) is 1.51. The Hall–Kier alpha value is -2.89. The molecule has 0 saturated carbocycles. The minimum atomic E-state index is -0.618. The van der Waals surface area contributed by atoms with E-state index in [1.165, 1.54) is 6.20 Å². The maximum absolute atomic E-state index is 11.9. The van der Waals surface area contributed by atoms with Crippen LogP contribution in [0.15, 0.2) is 48.7 Å². The molecule has 0 aliphatic rings. The number of carbonyl (C=O) groups is 2. The Morgan fingerprint density at radius 2 is 1.90 bits per heavy atom. The summed E-state index contributed by atoms with van der Waals surface area (Å²) >= 11 is 0. The zero-order valence-corrected chi connectivity index (χ0v) is 10.6. The molecule has 1 aromatic carbocycles. The number of pyridine rings is 1. The van der Waals surface area contributed by atoms with E-state index in [1.54, 1.807) is 24.3 Å². The smallest absolute Gasteiger partial charge is 0.257 e. The number of aromatic nitrogens is 1. The van der Waals surface area contributed by atoms with Crippen molar-refractivity contribution in [2.24, 2.45) is 5.73 Å². The second-order valence-corrected chi connectivity index (χ2v) is 3.92. The molecular weight excluding hydrogens is 258 g/mol. The first kappa shape index (κ1) is 13.5.